The molecule has 0 bridgehead atoms. The van der Waals surface area contributed by atoms with E-state index in [1.54, 1.807) is 24.4 Å². The van der Waals surface area contributed by atoms with Crippen molar-refractivity contribution in [2.45, 2.75) is 12.5 Å². The van der Waals surface area contributed by atoms with Crippen molar-refractivity contribution in [3.63, 3.8) is 0 Å². The van der Waals surface area contributed by atoms with Crippen molar-refractivity contribution < 1.29 is 8.42 Å². The van der Waals surface area contributed by atoms with Crippen LogP contribution in [-0.2, 0) is 9.84 Å². The van der Waals surface area contributed by atoms with Crippen molar-refractivity contribution >= 4 is 56.6 Å². The zero-order valence-corrected chi connectivity index (χ0v) is 14.0. The highest BCUT2D eigenvalue weighted by Gasteiger charge is 2.28. The van der Waals surface area contributed by atoms with Gasteiger partial charge in [0.05, 0.1) is 27.8 Å². The fraction of sp³-hybridized carbons (Fsp3) is 0.333. The molecule has 1 aliphatic rings. The Hall–Kier alpha value is -0.890. The van der Waals surface area contributed by atoms with Crippen molar-refractivity contribution in [1.29, 1.82) is 0 Å². The number of rotatable bonds is 3. The van der Waals surface area contributed by atoms with Gasteiger partial charge in [0.1, 0.15) is 0 Å². The van der Waals surface area contributed by atoms with Gasteiger partial charge in [-0.15, -0.1) is 0 Å². The summed E-state index contributed by atoms with van der Waals surface area (Å²) in [6.45, 7) is 0. The van der Waals surface area contributed by atoms with Crippen LogP contribution in [0.3, 0.4) is 0 Å². The smallest absolute Gasteiger partial charge is 0.187 e. The van der Waals surface area contributed by atoms with Crippen molar-refractivity contribution in [1.82, 2.24) is 10.7 Å². The van der Waals surface area contributed by atoms with Crippen LogP contribution >= 0.6 is 35.4 Å². The van der Waals surface area contributed by atoms with E-state index >= 15 is 0 Å². The number of nitrogens with one attached hydrogen (secondary N) is 2. The first-order chi connectivity index (χ1) is 9.85. The lowest BCUT2D eigenvalue weighted by Gasteiger charge is -2.12. The minimum Gasteiger partial charge on any atom is -0.358 e. The molecule has 0 spiro atoms. The first kappa shape index (κ1) is 16.5. The van der Waals surface area contributed by atoms with Crippen LogP contribution in [0.2, 0.25) is 10.0 Å². The third-order valence-electron chi connectivity index (χ3n) is 2.89. The maximum Gasteiger partial charge on any atom is 0.187 e. The highest BCUT2D eigenvalue weighted by molar-refractivity contribution is 7.91. The van der Waals surface area contributed by atoms with Crippen LogP contribution in [0.25, 0.3) is 0 Å². The van der Waals surface area contributed by atoms with Crippen molar-refractivity contribution in [3.8, 4) is 0 Å². The predicted octanol–water partition coefficient (Wildman–Crippen LogP) is 1.98. The van der Waals surface area contributed by atoms with E-state index in [0.29, 0.717) is 16.5 Å². The molecule has 5 nitrogen and oxygen atoms in total. The Morgan fingerprint density at radius 2 is 2.14 bits per heavy atom. The second-order valence-electron chi connectivity index (χ2n) is 4.62. The monoisotopic (exact) mass is 365 g/mol. The Balaban J connectivity index is 1.83. The molecule has 1 aliphatic heterocycles. The summed E-state index contributed by atoms with van der Waals surface area (Å²) in [6.07, 6.45) is 2.10. The highest BCUT2D eigenvalue weighted by atomic mass is 35.5. The van der Waals surface area contributed by atoms with E-state index < -0.39 is 9.84 Å². The van der Waals surface area contributed by atoms with Crippen molar-refractivity contribution in [3.05, 3.63) is 33.8 Å². The van der Waals surface area contributed by atoms with E-state index in [1.165, 1.54) is 0 Å². The molecule has 0 radical (unpaired) electrons. The van der Waals surface area contributed by atoms with E-state index in [9.17, 15) is 8.42 Å². The van der Waals surface area contributed by atoms with Crippen LogP contribution in [0.4, 0.5) is 0 Å². The predicted molar refractivity (Wildman–Crippen MR) is 90.0 cm³/mol. The minimum absolute atomic E-state index is 0.103. The molecule has 21 heavy (non-hydrogen) atoms. The first-order valence-corrected chi connectivity index (χ1v) is 9.09. The molecular formula is C12H13Cl2N3O2S2. The van der Waals surface area contributed by atoms with Gasteiger partial charge in [-0.05, 0) is 36.3 Å². The Kier molecular flexibility index (Phi) is 5.43. The Morgan fingerprint density at radius 1 is 1.38 bits per heavy atom. The van der Waals surface area contributed by atoms with Crippen LogP contribution in [-0.4, -0.2) is 37.3 Å². The fourth-order valence-electron chi connectivity index (χ4n) is 1.88. The van der Waals surface area contributed by atoms with Crippen LogP contribution in [0.5, 0.6) is 0 Å². The average molecular weight is 366 g/mol. The quantitative estimate of drug-likeness (QED) is 0.486. The summed E-state index contributed by atoms with van der Waals surface area (Å²) in [5.41, 5.74) is 3.41. The Bertz CT molecular complexity index is 677. The number of thiocarbonyl (C=S) groups is 1. The van der Waals surface area contributed by atoms with Gasteiger partial charge in [0.25, 0.3) is 0 Å². The van der Waals surface area contributed by atoms with Gasteiger partial charge < -0.3 is 5.32 Å². The maximum atomic E-state index is 11.3. The Morgan fingerprint density at radius 3 is 2.76 bits per heavy atom. The molecule has 2 N–H and O–H groups in total. The minimum atomic E-state index is -2.93. The maximum absolute atomic E-state index is 11.3. The summed E-state index contributed by atoms with van der Waals surface area (Å²) in [5.74, 6) is 0.297. The number of hydrogen-bond donors (Lipinski definition) is 2. The molecule has 1 aromatic carbocycles. The van der Waals surface area contributed by atoms with E-state index in [4.69, 9.17) is 35.4 Å². The topological polar surface area (TPSA) is 70.6 Å². The van der Waals surface area contributed by atoms with E-state index in [0.717, 1.165) is 5.56 Å². The van der Waals surface area contributed by atoms with Crippen LogP contribution in [0.15, 0.2) is 23.3 Å². The van der Waals surface area contributed by atoms with Crippen LogP contribution in [0, 0.1) is 0 Å². The molecule has 9 heteroatoms. The highest BCUT2D eigenvalue weighted by Crippen LogP contribution is 2.21. The average Bonchev–Trinajstić information content (AvgIpc) is 2.73. The lowest BCUT2D eigenvalue weighted by atomic mass is 10.2. The van der Waals surface area contributed by atoms with Crippen molar-refractivity contribution in [2.75, 3.05) is 11.5 Å². The summed E-state index contributed by atoms with van der Waals surface area (Å²) >= 11 is 16.7. The molecule has 0 aliphatic carbocycles. The normalized spacial score (nSPS) is 20.6. The lowest BCUT2D eigenvalue weighted by molar-refractivity contribution is 0.600. The van der Waals surface area contributed by atoms with Crippen LogP contribution in [0.1, 0.15) is 12.0 Å². The zero-order valence-electron chi connectivity index (χ0n) is 10.8. The summed E-state index contributed by atoms with van der Waals surface area (Å²) in [6, 6.07) is 4.95. The molecule has 114 valence electrons. The van der Waals surface area contributed by atoms with Gasteiger partial charge in [-0.2, -0.15) is 5.10 Å². The molecule has 1 heterocycles. The number of sulfone groups is 1. The molecule has 1 atom stereocenters. The van der Waals surface area contributed by atoms with Gasteiger partial charge in [-0.25, -0.2) is 8.42 Å². The number of nitrogens with zero attached hydrogens (tertiary/aromatic N) is 1. The number of halogens is 2. The van der Waals surface area contributed by atoms with Crippen molar-refractivity contribution in [2.24, 2.45) is 5.10 Å². The standard InChI is InChI=1S/C12H13Cl2N3O2S2/c13-10-2-1-8(5-11(10)14)6-15-17-12(20)16-9-3-4-21(18,19)7-9/h1-2,5-6,9H,3-4,7H2,(H2,16,17,20)/b15-6-/t9-/m1/s1. The molecule has 0 saturated carbocycles. The second-order valence-corrected chi connectivity index (χ2v) is 8.07. The van der Waals surface area contributed by atoms with Gasteiger partial charge in [-0.3, -0.25) is 5.43 Å². The van der Waals surface area contributed by atoms with Gasteiger partial charge in [0.2, 0.25) is 0 Å². The van der Waals surface area contributed by atoms with E-state index in [2.05, 4.69) is 15.8 Å². The van der Waals surface area contributed by atoms with Crippen LogP contribution < -0.4 is 10.7 Å². The molecule has 0 unspecified atom stereocenters. The van der Waals surface area contributed by atoms with E-state index in [-0.39, 0.29) is 22.7 Å². The third kappa shape index (κ3) is 5.10. The summed E-state index contributed by atoms with van der Waals surface area (Å²) in [7, 11) is -2.93. The number of hydrogen-bond acceptors (Lipinski definition) is 4. The van der Waals surface area contributed by atoms with E-state index in [1.807, 2.05) is 0 Å². The molecular weight excluding hydrogens is 353 g/mol. The largest absolute Gasteiger partial charge is 0.358 e. The number of benzene rings is 1. The SMILES string of the molecule is O=S1(=O)CC[C@@H](NC(=S)N/N=C\c2ccc(Cl)c(Cl)c2)C1. The summed E-state index contributed by atoms with van der Waals surface area (Å²) in [4.78, 5) is 0. The Labute approximate surface area is 138 Å². The van der Waals surface area contributed by atoms with Gasteiger partial charge in [0.15, 0.2) is 14.9 Å². The van der Waals surface area contributed by atoms with Gasteiger partial charge in [0, 0.05) is 6.04 Å². The second kappa shape index (κ2) is 6.91. The molecule has 0 amide bonds. The molecule has 1 fully saturated rings. The van der Waals surface area contributed by atoms with Gasteiger partial charge in [-0.1, -0.05) is 29.3 Å². The summed E-state index contributed by atoms with van der Waals surface area (Å²) in [5, 5.41) is 8.08. The molecule has 1 aromatic rings. The summed E-state index contributed by atoms with van der Waals surface area (Å²) < 4.78 is 22.6. The lowest BCUT2D eigenvalue weighted by Crippen LogP contribution is -2.40. The zero-order chi connectivity index (χ0) is 15.5. The third-order valence-corrected chi connectivity index (χ3v) is 5.61. The molecule has 0 aromatic heterocycles. The molecule has 1 saturated heterocycles. The number of hydrazone groups is 1. The van der Waals surface area contributed by atoms with Gasteiger partial charge >= 0.3 is 0 Å². The first-order valence-electron chi connectivity index (χ1n) is 6.11. The molecule has 2 rings (SSSR count). The fourth-order valence-corrected chi connectivity index (χ4v) is 4.08.